The Hall–Kier alpha value is -2.48. The van der Waals surface area contributed by atoms with Crippen molar-refractivity contribution in [2.75, 3.05) is 33.0 Å². The van der Waals surface area contributed by atoms with Crippen molar-refractivity contribution in [3.05, 3.63) is 0 Å². The van der Waals surface area contributed by atoms with Gasteiger partial charge in [-0.05, 0) is 0 Å². The lowest BCUT2D eigenvalue weighted by molar-refractivity contribution is -0.383. The van der Waals surface area contributed by atoms with Crippen LogP contribution in [-0.4, -0.2) is 399 Å². The van der Waals surface area contributed by atoms with E-state index in [1.165, 1.54) is 0 Å². The Morgan fingerprint density at radius 2 is 0.300 bits per heavy atom. The Morgan fingerprint density at radius 3 is 0.475 bits per heavy atom. The molecule has 0 aromatic carbocycles. The van der Waals surface area contributed by atoms with Crippen LogP contribution in [0.25, 0.3) is 0 Å². The van der Waals surface area contributed by atoms with E-state index in [9.17, 15) is 213 Å². The second-order valence-corrected chi connectivity index (χ2v) is 39.1. The van der Waals surface area contributed by atoms with Crippen LogP contribution in [0.1, 0.15) is 0 Å². The van der Waals surface area contributed by atoms with E-state index in [0.717, 1.165) is 0 Å². The largest absolute Gasteiger partial charge is 0.397 e. The van der Waals surface area contributed by atoms with Gasteiger partial charge in [0.05, 0.1) is 33.0 Å². The van der Waals surface area contributed by atoms with E-state index < -0.39 is 353 Å². The highest BCUT2D eigenvalue weighted by atomic mass is 32.3. The van der Waals surface area contributed by atoms with Gasteiger partial charge < -0.3 is 47.7 Å². The van der Waals surface area contributed by atoms with Crippen molar-refractivity contribution in [2.24, 2.45) is 0 Å². The summed E-state index contributed by atoms with van der Waals surface area (Å²) in [5.74, 6) is 0. The molecule has 74 nitrogen and oxygen atoms in total. The van der Waals surface area contributed by atoms with Gasteiger partial charge in [0.1, 0.15) is 91.6 Å². The molecule has 0 spiro atoms. The first kappa shape index (κ1) is 108. The fraction of sp³-hybridized carbons (Fsp3) is 1.00. The fourth-order valence-electron chi connectivity index (χ4n) is 10.3. The lowest BCUT2D eigenvalue weighted by Crippen LogP contribution is -2.70. The molecule has 5 aliphatic heterocycles. The third kappa shape index (κ3) is 38.4. The van der Waals surface area contributed by atoms with Crippen LogP contribution < -0.4 is 0 Å². The quantitative estimate of drug-likeness (QED) is 0.0252. The molecule has 0 amide bonds. The van der Waals surface area contributed by atoms with Gasteiger partial charge in [-0.15, -0.1) is 0 Å². The van der Waals surface area contributed by atoms with Crippen LogP contribution in [0.15, 0.2) is 0 Å². The minimum absolute atomic E-state index is 2.13. The first-order valence-electron chi connectivity index (χ1n) is 28.2. The summed E-state index contributed by atoms with van der Waals surface area (Å²) in [5, 5.41) is 10.7. The Labute approximate surface area is 670 Å². The highest BCUT2D eigenvalue weighted by molar-refractivity contribution is 7.84. The molecule has 5 heterocycles. The topological polar surface area (TPSA) is 1120 Å². The second-order valence-electron chi connectivity index (χ2n) is 22.1. The van der Waals surface area contributed by atoms with Crippen LogP contribution in [0.5, 0.6) is 0 Å². The average molecular weight is 2110 g/mol. The third-order valence-electron chi connectivity index (χ3n) is 13.6. The summed E-state index contributed by atoms with van der Waals surface area (Å²) in [6, 6.07) is 0. The molecule has 5 fully saturated rings. The van der Waals surface area contributed by atoms with Gasteiger partial charge >= 0.3 is 166 Å². The summed E-state index contributed by atoms with van der Waals surface area (Å²) < 4.78 is 669. The first-order chi connectivity index (χ1) is 53.3. The van der Waals surface area contributed by atoms with Crippen molar-refractivity contribution >= 4 is 166 Å². The van der Waals surface area contributed by atoms with Crippen LogP contribution in [0.3, 0.4) is 0 Å². The van der Waals surface area contributed by atoms with Crippen LogP contribution in [0.2, 0.25) is 0 Å². The highest BCUT2D eigenvalue weighted by Gasteiger charge is 2.64. The molecule has 5 saturated heterocycles. The molecular weight excluding hydrogens is 2060 g/mol. The monoisotopic (exact) mass is 2110 g/mol. The molecule has 0 saturated carbocycles. The third-order valence-corrected chi connectivity index (χ3v) is 20.9. The molecule has 5 aliphatic rings. The molecule has 25 atom stereocenters. The van der Waals surface area contributed by atoms with Crippen molar-refractivity contribution in [2.45, 2.75) is 154 Å². The maximum atomic E-state index is 13.1. The number of ether oxygens (including phenoxy) is 9. The zero-order chi connectivity index (χ0) is 92.6. The molecule has 17 N–H and O–H groups in total. The summed E-state index contributed by atoms with van der Waals surface area (Å²) >= 11 is 0. The molecule has 0 bridgehead atoms. The Bertz CT molecular complexity index is 5560. The molecule has 1 unspecified atom stereocenters. The molecule has 0 aromatic rings. The predicted octanol–water partition coefficient (Wildman–Crippen LogP) is -14.7. The van der Waals surface area contributed by atoms with Crippen molar-refractivity contribution in [1.82, 2.24) is 0 Å². The molecule has 712 valence electrons. The smallest absolute Gasteiger partial charge is 0.366 e. The van der Waals surface area contributed by atoms with Gasteiger partial charge in [0.15, 0.2) is 62.0 Å². The summed E-state index contributed by atoms with van der Waals surface area (Å²) in [7, 11) is -105. The van der Waals surface area contributed by atoms with E-state index in [0.29, 0.717) is 0 Å². The number of hydrogen-bond donors (Lipinski definition) is 17. The van der Waals surface area contributed by atoms with Gasteiger partial charge in [-0.3, -0.25) is 72.8 Å². The van der Waals surface area contributed by atoms with Gasteiger partial charge in [-0.25, -0.2) is 66.9 Å². The van der Waals surface area contributed by atoms with Gasteiger partial charge in [-0.1, -0.05) is 0 Å². The highest BCUT2D eigenvalue weighted by Crippen LogP contribution is 2.43. The van der Waals surface area contributed by atoms with Crippen molar-refractivity contribution in [3.8, 4) is 0 Å². The van der Waals surface area contributed by atoms with Gasteiger partial charge in [0.25, 0.3) is 0 Å². The second kappa shape index (κ2) is 39.5. The standard InChI is InChI=1S/C30H52O74S16/c31-26-21(100-116(65,66)67)16(95-111(50,51)52)11(6(85-26)1-80-105(32,33)34)90-27-22(101-117(68,69)70)17(96-112(53,54)55)12(7(86-27)2-81-106(35,36)37)91-28-23(102-118(71,72)73)18(97-113(56,57)58)13(8(87-28)3-82-107(38,39)40)92-29-24(103-119(74,75)76)19(98-114(59,60)61)14(9(88-29)4-83-108(41,42)43)93-30-25(104-120(77,78)79)20(99-115(62,63)64)15(94-110(47,48)49)10(89-30)5-84-109(44,45)46/h6-31H,1-5H2,(H,32,33,34)(H,35,36,37)(H,38,39,40)(H,41,42,43)(H,44,45,46)(H,47,48,49)(H,50,51,52)(H,53,54,55)(H,56,57,58)(H,59,60,61)(H,62,63,64)(H,65,66,67)(H,68,69,70)(H,71,72,73)(H,74,75,76)(H,77,78,79)/t6-,7-,8-,9-,10-,11-,12-,13-,14-,15-,16+,17+,18+,19-,20+,21-,22-,23-,24-,25-,26?,27-,28-,29-,30-/m1/s1. The number of hydrogen-bond acceptors (Lipinski definition) is 58. The zero-order valence-corrected chi connectivity index (χ0v) is 68.4. The average Bonchev–Trinajstić information content (AvgIpc) is 0.748. The van der Waals surface area contributed by atoms with E-state index in [2.05, 4.69) is 66.9 Å². The van der Waals surface area contributed by atoms with Gasteiger partial charge in [0, 0.05) is 0 Å². The van der Waals surface area contributed by atoms with E-state index >= 15 is 0 Å². The Kier molecular flexibility index (Phi) is 35.5. The van der Waals surface area contributed by atoms with Crippen molar-refractivity contribution < 1.29 is 322 Å². The van der Waals surface area contributed by atoms with E-state index in [4.69, 9.17) is 42.6 Å². The normalized spacial score (nSPS) is 33.4. The molecule has 0 radical (unpaired) electrons. The first-order valence-corrected chi connectivity index (χ1v) is 50.0. The predicted molar refractivity (Wildman–Crippen MR) is 333 cm³/mol. The lowest BCUT2D eigenvalue weighted by atomic mass is 9.95. The lowest BCUT2D eigenvalue weighted by Gasteiger charge is -2.51. The van der Waals surface area contributed by atoms with Crippen molar-refractivity contribution in [3.63, 3.8) is 0 Å². The van der Waals surface area contributed by atoms with Crippen LogP contribution in [0.4, 0.5) is 0 Å². The minimum atomic E-state index is -6.99. The molecule has 5 rings (SSSR count). The molecule has 90 heteroatoms. The van der Waals surface area contributed by atoms with Crippen LogP contribution in [0, 0.1) is 0 Å². The van der Waals surface area contributed by atoms with Gasteiger partial charge in [-0.2, -0.15) is 135 Å². The van der Waals surface area contributed by atoms with Gasteiger partial charge in [0.2, 0.25) is 0 Å². The summed E-state index contributed by atoms with van der Waals surface area (Å²) in [4.78, 5) is 0. The maximum Gasteiger partial charge on any atom is 0.397 e. The van der Waals surface area contributed by atoms with Crippen molar-refractivity contribution in [1.29, 1.82) is 0 Å². The number of aliphatic hydroxyl groups excluding tert-OH is 1. The Balaban J connectivity index is 1.92. The number of rotatable bonds is 45. The summed E-state index contributed by atoms with van der Waals surface area (Å²) in [6.07, 6.45) is -94.0. The SMILES string of the molecule is O=S(=O)(O)OC[C@H]1O[C@H](O[C@H]2[C@H](OS(=O)(=O)O)[C@@H](OS(=O)(=O)O)C(O)O[C@@H]2COS(=O)(=O)O)[C@H](OS(=O)(=O)O)[C@@H](OS(=O)(=O)O)[C@@H]1O[C@H]1O[C@H](COS(=O)(=O)O)[C@@H](O[C@H]2O[C@H](COS(=O)(=O)O)[C@@H](O[C@H]3O[C@H](COS(=O)(=O)O)[C@@H](OS(=O)(=O)O)[C@H](OS(=O)(=O)O)[C@H]3OS(=O)(=O)O)[C@@H](OS(=O)(=O)O)[C@H]2OS(=O)(=O)O)[C@H](OS(=O)(=O)O)[C@H]1OS(=O)(=O)O. The molecule has 120 heavy (non-hydrogen) atoms. The molecule has 0 aliphatic carbocycles. The summed E-state index contributed by atoms with van der Waals surface area (Å²) in [6.45, 7) is -12.0. The van der Waals surface area contributed by atoms with Crippen LogP contribution >= 0.6 is 0 Å². The van der Waals surface area contributed by atoms with E-state index in [1.807, 2.05) is 0 Å². The zero-order valence-electron chi connectivity index (χ0n) is 55.4. The van der Waals surface area contributed by atoms with E-state index in [1.54, 1.807) is 0 Å². The van der Waals surface area contributed by atoms with E-state index in [-0.39, 0.29) is 0 Å². The molecule has 0 aromatic heterocycles. The number of aliphatic hydroxyl groups is 1. The maximum absolute atomic E-state index is 13.1. The Morgan fingerprint density at radius 1 is 0.167 bits per heavy atom. The summed E-state index contributed by atoms with van der Waals surface area (Å²) in [5.41, 5.74) is 0. The molecular formula is C30H52O74S16. The fourth-order valence-corrected chi connectivity index (χ4v) is 17.2. The van der Waals surface area contributed by atoms with Crippen LogP contribution in [-0.2, 0) is 276 Å². The minimum Gasteiger partial charge on any atom is -0.366 e.